The average Bonchev–Trinajstić information content (AvgIpc) is 2.54. The van der Waals surface area contributed by atoms with E-state index in [0.717, 1.165) is 30.2 Å². The van der Waals surface area contributed by atoms with Crippen LogP contribution in [0.2, 0.25) is 0 Å². The number of nitrogens with zero attached hydrogens (tertiary/aromatic N) is 1. The Morgan fingerprint density at radius 2 is 1.91 bits per heavy atom. The molecule has 2 unspecified atom stereocenters. The molecule has 2 aliphatic rings. The lowest BCUT2D eigenvalue weighted by atomic mass is 9.78. The number of rotatable bonds is 4. The zero-order valence-electron chi connectivity index (χ0n) is 13.5. The fraction of sp³-hybridized carbons (Fsp3) is 0.611. The van der Waals surface area contributed by atoms with Crippen molar-refractivity contribution >= 4 is 5.91 Å². The smallest absolute Gasteiger partial charge is 0.227 e. The summed E-state index contributed by atoms with van der Waals surface area (Å²) in [6.07, 6.45) is 5.63. The van der Waals surface area contributed by atoms with Gasteiger partial charge < -0.3 is 14.4 Å². The minimum Gasteiger partial charge on any atom is -0.497 e. The van der Waals surface area contributed by atoms with Gasteiger partial charge in [-0.1, -0.05) is 12.5 Å². The molecule has 1 aliphatic heterocycles. The summed E-state index contributed by atoms with van der Waals surface area (Å²) in [4.78, 5) is 14.7. The summed E-state index contributed by atoms with van der Waals surface area (Å²) in [6, 6.07) is 5.66. The Morgan fingerprint density at radius 1 is 1.18 bits per heavy atom. The Bertz CT molecular complexity index is 531. The van der Waals surface area contributed by atoms with Gasteiger partial charge in [0.25, 0.3) is 0 Å². The second-order valence-electron chi connectivity index (χ2n) is 6.55. The monoisotopic (exact) mass is 303 g/mol. The Balaban J connectivity index is 1.69. The number of methoxy groups -OCH3 is 2. The van der Waals surface area contributed by atoms with Crippen LogP contribution < -0.4 is 9.47 Å². The molecule has 1 amide bonds. The van der Waals surface area contributed by atoms with E-state index in [-0.39, 0.29) is 5.91 Å². The van der Waals surface area contributed by atoms with Gasteiger partial charge in [-0.25, -0.2) is 0 Å². The molecular weight excluding hydrogens is 278 g/mol. The van der Waals surface area contributed by atoms with Crippen LogP contribution in [0.25, 0.3) is 0 Å². The highest BCUT2D eigenvalue weighted by Crippen LogP contribution is 2.35. The van der Waals surface area contributed by atoms with Crippen LogP contribution in [0.3, 0.4) is 0 Å². The molecule has 0 aromatic heterocycles. The second kappa shape index (κ2) is 6.59. The Labute approximate surface area is 132 Å². The summed E-state index contributed by atoms with van der Waals surface area (Å²) in [6.45, 7) is 1.88. The molecule has 1 saturated carbocycles. The van der Waals surface area contributed by atoms with Gasteiger partial charge in [-0.15, -0.1) is 0 Å². The summed E-state index contributed by atoms with van der Waals surface area (Å²) in [5.74, 6) is 3.13. The van der Waals surface area contributed by atoms with Crippen LogP contribution in [0.5, 0.6) is 11.5 Å². The van der Waals surface area contributed by atoms with Crippen molar-refractivity contribution in [1.82, 2.24) is 4.90 Å². The number of carbonyl (C=O) groups is 1. The normalized spacial score (nSPS) is 24.0. The largest absolute Gasteiger partial charge is 0.497 e. The van der Waals surface area contributed by atoms with Crippen molar-refractivity contribution in [3.05, 3.63) is 23.8 Å². The fourth-order valence-corrected chi connectivity index (χ4v) is 3.91. The maximum absolute atomic E-state index is 12.7. The SMILES string of the molecule is COc1ccc(CC(=O)N2CC3CCCC(C3)C2)c(OC)c1. The average molecular weight is 303 g/mol. The summed E-state index contributed by atoms with van der Waals surface area (Å²) >= 11 is 0. The highest BCUT2D eigenvalue weighted by atomic mass is 16.5. The predicted octanol–water partition coefficient (Wildman–Crippen LogP) is 2.89. The van der Waals surface area contributed by atoms with Crippen LogP contribution in [0.4, 0.5) is 0 Å². The molecule has 22 heavy (non-hydrogen) atoms. The number of benzene rings is 1. The quantitative estimate of drug-likeness (QED) is 0.858. The number of ether oxygens (including phenoxy) is 2. The summed E-state index contributed by atoms with van der Waals surface area (Å²) in [5.41, 5.74) is 0.934. The van der Waals surface area contributed by atoms with E-state index >= 15 is 0 Å². The molecule has 1 aromatic rings. The molecular formula is C18H25NO3. The highest BCUT2D eigenvalue weighted by molar-refractivity contribution is 5.79. The van der Waals surface area contributed by atoms with Crippen LogP contribution >= 0.6 is 0 Å². The first-order valence-electron chi connectivity index (χ1n) is 8.18. The predicted molar refractivity (Wildman–Crippen MR) is 85.3 cm³/mol. The molecule has 2 bridgehead atoms. The van der Waals surface area contributed by atoms with Gasteiger partial charge in [-0.2, -0.15) is 0 Å². The van der Waals surface area contributed by atoms with E-state index in [2.05, 4.69) is 4.90 Å². The van der Waals surface area contributed by atoms with Gasteiger partial charge in [0.05, 0.1) is 20.6 Å². The number of hydrogen-bond donors (Lipinski definition) is 0. The third-order valence-electron chi connectivity index (χ3n) is 5.04. The van der Waals surface area contributed by atoms with Crippen LogP contribution in [0, 0.1) is 11.8 Å². The maximum Gasteiger partial charge on any atom is 0.227 e. The lowest BCUT2D eigenvalue weighted by Crippen LogP contribution is -2.46. The molecule has 3 rings (SSSR count). The van der Waals surface area contributed by atoms with Crippen molar-refractivity contribution in [1.29, 1.82) is 0 Å². The van der Waals surface area contributed by atoms with Crippen molar-refractivity contribution in [2.75, 3.05) is 27.3 Å². The Kier molecular flexibility index (Phi) is 4.55. The third kappa shape index (κ3) is 3.21. The molecule has 4 nitrogen and oxygen atoms in total. The van der Waals surface area contributed by atoms with Gasteiger partial charge in [-0.3, -0.25) is 4.79 Å². The van der Waals surface area contributed by atoms with E-state index in [1.54, 1.807) is 14.2 Å². The molecule has 2 atom stereocenters. The molecule has 1 saturated heterocycles. The molecule has 1 heterocycles. The van der Waals surface area contributed by atoms with Crippen molar-refractivity contribution < 1.29 is 14.3 Å². The zero-order valence-corrected chi connectivity index (χ0v) is 13.5. The van der Waals surface area contributed by atoms with Crippen LogP contribution in [-0.2, 0) is 11.2 Å². The van der Waals surface area contributed by atoms with E-state index in [0.29, 0.717) is 18.3 Å². The number of amides is 1. The van der Waals surface area contributed by atoms with Gasteiger partial charge >= 0.3 is 0 Å². The number of likely N-dealkylation sites (tertiary alicyclic amines) is 1. The number of hydrogen-bond acceptors (Lipinski definition) is 3. The molecule has 2 fully saturated rings. The molecule has 4 heteroatoms. The van der Waals surface area contributed by atoms with Gasteiger partial charge in [0, 0.05) is 24.7 Å². The third-order valence-corrected chi connectivity index (χ3v) is 5.04. The standard InChI is InChI=1S/C18H25NO3/c1-21-16-7-6-15(17(10-16)22-2)9-18(20)19-11-13-4-3-5-14(8-13)12-19/h6-7,10,13-14H,3-5,8-9,11-12H2,1-2H3. The van der Waals surface area contributed by atoms with E-state index in [1.807, 2.05) is 18.2 Å². The van der Waals surface area contributed by atoms with Crippen LogP contribution in [0.1, 0.15) is 31.2 Å². The van der Waals surface area contributed by atoms with Crippen molar-refractivity contribution in [3.63, 3.8) is 0 Å². The lowest BCUT2D eigenvalue weighted by molar-refractivity contribution is -0.134. The maximum atomic E-state index is 12.7. The minimum absolute atomic E-state index is 0.222. The fourth-order valence-electron chi connectivity index (χ4n) is 3.91. The lowest BCUT2D eigenvalue weighted by Gasteiger charge is -2.41. The van der Waals surface area contributed by atoms with E-state index in [9.17, 15) is 4.79 Å². The first-order chi connectivity index (χ1) is 10.7. The van der Waals surface area contributed by atoms with Gasteiger partial charge in [0.15, 0.2) is 0 Å². The minimum atomic E-state index is 0.222. The van der Waals surface area contributed by atoms with Crippen LogP contribution in [-0.4, -0.2) is 38.1 Å². The molecule has 0 spiro atoms. The van der Waals surface area contributed by atoms with Gasteiger partial charge in [0.1, 0.15) is 11.5 Å². The molecule has 0 N–H and O–H groups in total. The first kappa shape index (κ1) is 15.2. The zero-order chi connectivity index (χ0) is 15.5. The van der Waals surface area contributed by atoms with Crippen molar-refractivity contribution in [2.24, 2.45) is 11.8 Å². The Morgan fingerprint density at radius 3 is 2.55 bits per heavy atom. The number of fused-ring (bicyclic) bond motifs is 2. The van der Waals surface area contributed by atoms with E-state index in [4.69, 9.17) is 9.47 Å². The van der Waals surface area contributed by atoms with E-state index in [1.165, 1.54) is 25.7 Å². The van der Waals surface area contributed by atoms with E-state index < -0.39 is 0 Å². The van der Waals surface area contributed by atoms with Crippen LogP contribution in [0.15, 0.2) is 18.2 Å². The highest BCUT2D eigenvalue weighted by Gasteiger charge is 2.32. The summed E-state index contributed by atoms with van der Waals surface area (Å²) in [5, 5.41) is 0. The molecule has 1 aromatic carbocycles. The first-order valence-corrected chi connectivity index (χ1v) is 8.18. The number of piperidine rings is 1. The van der Waals surface area contributed by atoms with Gasteiger partial charge in [0.2, 0.25) is 5.91 Å². The molecule has 1 aliphatic carbocycles. The Hall–Kier alpha value is -1.71. The summed E-state index contributed by atoms with van der Waals surface area (Å²) < 4.78 is 10.6. The van der Waals surface area contributed by atoms with Gasteiger partial charge in [-0.05, 0) is 37.2 Å². The summed E-state index contributed by atoms with van der Waals surface area (Å²) in [7, 11) is 3.26. The second-order valence-corrected chi connectivity index (χ2v) is 6.55. The number of carbonyl (C=O) groups excluding carboxylic acids is 1. The molecule has 120 valence electrons. The van der Waals surface area contributed by atoms with Crippen molar-refractivity contribution in [3.8, 4) is 11.5 Å². The molecule has 0 radical (unpaired) electrons. The topological polar surface area (TPSA) is 38.8 Å². The van der Waals surface area contributed by atoms with Crippen molar-refractivity contribution in [2.45, 2.75) is 32.1 Å².